The number of rotatable bonds is 3. The molecule has 0 spiro atoms. The molecule has 1 rings (SSSR count). The number of nitrogens with zero attached hydrogens (tertiary/aromatic N) is 2. The largest absolute Gasteiger partial charge is 0.396 e. The zero-order chi connectivity index (χ0) is 8.97. The van der Waals surface area contributed by atoms with Crippen LogP contribution in [0.25, 0.3) is 6.08 Å². The van der Waals surface area contributed by atoms with Gasteiger partial charge >= 0.3 is 0 Å². The number of aliphatic hydroxyl groups is 1. The van der Waals surface area contributed by atoms with E-state index in [2.05, 4.69) is 5.10 Å². The van der Waals surface area contributed by atoms with Gasteiger partial charge in [-0.3, -0.25) is 4.68 Å². The van der Waals surface area contributed by atoms with Crippen molar-refractivity contribution >= 4 is 11.9 Å². The number of aromatic nitrogens is 2. The number of aryl methyl sites for hydroxylation is 1. The van der Waals surface area contributed by atoms with Crippen LogP contribution in [0.5, 0.6) is 0 Å². The van der Waals surface area contributed by atoms with Crippen LogP contribution in [0.3, 0.4) is 0 Å². The number of hydrogen-bond donors (Lipinski definition) is 2. The third kappa shape index (κ3) is 2.10. The Labute approximate surface area is 71.3 Å². The minimum Gasteiger partial charge on any atom is -0.396 e. The first-order valence-electron chi connectivity index (χ1n) is 3.80. The van der Waals surface area contributed by atoms with Crippen molar-refractivity contribution in [2.24, 2.45) is 7.05 Å². The molecular weight excluding hydrogens is 154 g/mol. The lowest BCUT2D eigenvalue weighted by Gasteiger charge is -1.86. The van der Waals surface area contributed by atoms with E-state index in [-0.39, 0.29) is 6.61 Å². The SMILES string of the molecule is Cn1cc(C=CCCO)c(N)n1. The van der Waals surface area contributed by atoms with Crippen LogP contribution < -0.4 is 5.73 Å². The molecule has 66 valence electrons. The summed E-state index contributed by atoms with van der Waals surface area (Å²) in [4.78, 5) is 0. The summed E-state index contributed by atoms with van der Waals surface area (Å²) in [5, 5.41) is 12.5. The molecule has 0 bridgehead atoms. The maximum Gasteiger partial charge on any atom is 0.152 e. The van der Waals surface area contributed by atoms with E-state index < -0.39 is 0 Å². The molecule has 0 aromatic carbocycles. The van der Waals surface area contributed by atoms with Crippen LogP contribution >= 0.6 is 0 Å². The van der Waals surface area contributed by atoms with Crippen molar-refractivity contribution in [3.63, 3.8) is 0 Å². The fourth-order valence-corrected chi connectivity index (χ4v) is 0.937. The lowest BCUT2D eigenvalue weighted by atomic mass is 10.3. The second-order valence-corrected chi connectivity index (χ2v) is 2.56. The molecule has 0 fully saturated rings. The molecule has 0 saturated heterocycles. The molecule has 0 radical (unpaired) electrons. The van der Waals surface area contributed by atoms with E-state index >= 15 is 0 Å². The van der Waals surface area contributed by atoms with E-state index in [0.29, 0.717) is 12.2 Å². The first kappa shape index (κ1) is 8.80. The summed E-state index contributed by atoms with van der Waals surface area (Å²) in [6, 6.07) is 0. The molecular formula is C8H13N3O. The molecule has 0 aliphatic rings. The predicted molar refractivity (Wildman–Crippen MR) is 48.4 cm³/mol. The summed E-state index contributed by atoms with van der Waals surface area (Å²) in [6.45, 7) is 0.163. The molecule has 1 aromatic heterocycles. The molecule has 4 nitrogen and oxygen atoms in total. The van der Waals surface area contributed by atoms with Crippen LogP contribution in [0.15, 0.2) is 12.3 Å². The van der Waals surface area contributed by atoms with Crippen LogP contribution in [-0.4, -0.2) is 21.5 Å². The molecule has 4 heteroatoms. The van der Waals surface area contributed by atoms with Gasteiger partial charge in [0.1, 0.15) is 0 Å². The molecule has 0 aliphatic heterocycles. The standard InChI is InChI=1S/C8H13N3O/c1-11-6-7(8(9)10-11)4-2-3-5-12/h2,4,6,12H,3,5H2,1H3,(H2,9,10). The van der Waals surface area contributed by atoms with Crippen molar-refractivity contribution < 1.29 is 5.11 Å². The van der Waals surface area contributed by atoms with Gasteiger partial charge in [0, 0.05) is 25.4 Å². The van der Waals surface area contributed by atoms with Crippen molar-refractivity contribution in [1.29, 1.82) is 0 Å². The normalized spacial score (nSPS) is 11.2. The molecule has 0 atom stereocenters. The third-order valence-electron chi connectivity index (χ3n) is 1.48. The lowest BCUT2D eigenvalue weighted by molar-refractivity contribution is 0.303. The Kier molecular flexibility index (Phi) is 2.88. The van der Waals surface area contributed by atoms with Gasteiger partial charge in [-0.1, -0.05) is 12.2 Å². The molecule has 3 N–H and O–H groups in total. The summed E-state index contributed by atoms with van der Waals surface area (Å²) in [5.41, 5.74) is 6.47. The maximum absolute atomic E-state index is 8.52. The van der Waals surface area contributed by atoms with Crippen LogP contribution in [0.2, 0.25) is 0 Å². The van der Waals surface area contributed by atoms with E-state index in [1.165, 1.54) is 0 Å². The average molecular weight is 167 g/mol. The fourth-order valence-electron chi connectivity index (χ4n) is 0.937. The Morgan fingerprint density at radius 3 is 3.00 bits per heavy atom. The smallest absolute Gasteiger partial charge is 0.152 e. The molecule has 0 amide bonds. The lowest BCUT2D eigenvalue weighted by Crippen LogP contribution is -1.90. The van der Waals surface area contributed by atoms with Crippen LogP contribution in [0.1, 0.15) is 12.0 Å². The van der Waals surface area contributed by atoms with Gasteiger partial charge in [-0.15, -0.1) is 0 Å². The Morgan fingerprint density at radius 1 is 1.75 bits per heavy atom. The Morgan fingerprint density at radius 2 is 2.50 bits per heavy atom. The highest BCUT2D eigenvalue weighted by molar-refractivity contribution is 5.59. The Hall–Kier alpha value is -1.29. The highest BCUT2D eigenvalue weighted by Gasteiger charge is 1.97. The molecule has 0 aliphatic carbocycles. The van der Waals surface area contributed by atoms with Crippen molar-refractivity contribution in [3.8, 4) is 0 Å². The van der Waals surface area contributed by atoms with Gasteiger partial charge in [-0.25, -0.2) is 0 Å². The van der Waals surface area contributed by atoms with Crippen molar-refractivity contribution in [3.05, 3.63) is 17.8 Å². The highest BCUT2D eigenvalue weighted by Crippen LogP contribution is 2.09. The minimum atomic E-state index is 0.163. The van der Waals surface area contributed by atoms with Gasteiger partial charge in [0.15, 0.2) is 5.82 Å². The first-order valence-corrected chi connectivity index (χ1v) is 3.80. The second-order valence-electron chi connectivity index (χ2n) is 2.56. The van der Waals surface area contributed by atoms with E-state index in [1.54, 1.807) is 4.68 Å². The summed E-state index contributed by atoms with van der Waals surface area (Å²) >= 11 is 0. The first-order chi connectivity index (χ1) is 5.74. The predicted octanol–water partition coefficient (Wildman–Crippen LogP) is 0.398. The summed E-state index contributed by atoms with van der Waals surface area (Å²) in [5.74, 6) is 0.520. The quantitative estimate of drug-likeness (QED) is 0.684. The maximum atomic E-state index is 8.52. The van der Waals surface area contributed by atoms with Gasteiger partial charge in [0.2, 0.25) is 0 Å². The molecule has 1 heterocycles. The highest BCUT2D eigenvalue weighted by atomic mass is 16.2. The fraction of sp³-hybridized carbons (Fsp3) is 0.375. The van der Waals surface area contributed by atoms with E-state index in [9.17, 15) is 0 Å². The number of nitrogens with two attached hydrogens (primary N) is 1. The summed E-state index contributed by atoms with van der Waals surface area (Å²) in [7, 11) is 1.82. The van der Waals surface area contributed by atoms with Gasteiger partial charge in [0.25, 0.3) is 0 Å². The summed E-state index contributed by atoms with van der Waals surface area (Å²) < 4.78 is 1.66. The third-order valence-corrected chi connectivity index (χ3v) is 1.48. The van der Waals surface area contributed by atoms with Gasteiger partial charge in [0.05, 0.1) is 0 Å². The minimum absolute atomic E-state index is 0.163. The average Bonchev–Trinajstić information content (AvgIpc) is 2.31. The van der Waals surface area contributed by atoms with Gasteiger partial charge < -0.3 is 10.8 Å². The molecule has 1 aromatic rings. The van der Waals surface area contributed by atoms with Gasteiger partial charge in [-0.2, -0.15) is 5.10 Å². The second kappa shape index (κ2) is 3.92. The van der Waals surface area contributed by atoms with E-state index in [0.717, 1.165) is 5.56 Å². The van der Waals surface area contributed by atoms with Gasteiger partial charge in [-0.05, 0) is 6.42 Å². The Bertz CT molecular complexity index is 278. The molecule has 0 unspecified atom stereocenters. The van der Waals surface area contributed by atoms with Crippen LogP contribution in [-0.2, 0) is 7.05 Å². The Balaban J connectivity index is 2.68. The molecule has 0 saturated carbocycles. The zero-order valence-electron chi connectivity index (χ0n) is 7.07. The van der Waals surface area contributed by atoms with E-state index in [4.69, 9.17) is 10.8 Å². The van der Waals surface area contributed by atoms with Crippen LogP contribution in [0, 0.1) is 0 Å². The monoisotopic (exact) mass is 167 g/mol. The van der Waals surface area contributed by atoms with Crippen molar-refractivity contribution in [2.45, 2.75) is 6.42 Å². The number of aliphatic hydroxyl groups excluding tert-OH is 1. The summed E-state index contributed by atoms with van der Waals surface area (Å²) in [6.07, 6.45) is 6.21. The van der Waals surface area contributed by atoms with Crippen molar-refractivity contribution in [2.75, 3.05) is 12.3 Å². The number of anilines is 1. The van der Waals surface area contributed by atoms with Crippen molar-refractivity contribution in [1.82, 2.24) is 9.78 Å². The molecule has 12 heavy (non-hydrogen) atoms. The number of hydrogen-bond acceptors (Lipinski definition) is 3. The topological polar surface area (TPSA) is 64.1 Å². The van der Waals surface area contributed by atoms with E-state index in [1.807, 2.05) is 25.4 Å². The zero-order valence-corrected chi connectivity index (χ0v) is 7.07. The number of nitrogen functional groups attached to an aromatic ring is 1. The van der Waals surface area contributed by atoms with Crippen LogP contribution in [0.4, 0.5) is 5.82 Å².